The van der Waals surface area contributed by atoms with Crippen molar-refractivity contribution in [3.63, 3.8) is 0 Å². The molecule has 7 nitrogen and oxygen atoms in total. The molecule has 1 aromatic carbocycles. The van der Waals surface area contributed by atoms with Gasteiger partial charge in [0.2, 0.25) is 5.91 Å². The van der Waals surface area contributed by atoms with Gasteiger partial charge in [-0.25, -0.2) is 0 Å². The molecule has 0 aliphatic heterocycles. The third-order valence-corrected chi connectivity index (χ3v) is 3.42. The van der Waals surface area contributed by atoms with Crippen molar-refractivity contribution in [1.29, 1.82) is 0 Å². The number of aryl methyl sites for hydroxylation is 1. The van der Waals surface area contributed by atoms with Gasteiger partial charge in [-0.15, -0.1) is 0 Å². The van der Waals surface area contributed by atoms with Crippen molar-refractivity contribution in [3.05, 3.63) is 45.0 Å². The second-order valence-electron chi connectivity index (χ2n) is 4.94. The van der Waals surface area contributed by atoms with Gasteiger partial charge in [-0.1, -0.05) is 12.1 Å². The number of carbonyl (C=O) groups is 1. The van der Waals surface area contributed by atoms with Gasteiger partial charge in [0.15, 0.2) is 0 Å². The zero-order valence-corrected chi connectivity index (χ0v) is 12.7. The number of nitrogens with zero attached hydrogens (tertiary/aromatic N) is 2. The summed E-state index contributed by atoms with van der Waals surface area (Å²) in [5.74, 6) is -0.309. The van der Waals surface area contributed by atoms with Crippen LogP contribution in [0.5, 0.6) is 0 Å². The Hall–Kier alpha value is -2.41. The van der Waals surface area contributed by atoms with Crippen LogP contribution in [-0.4, -0.2) is 35.3 Å². The van der Waals surface area contributed by atoms with Crippen LogP contribution in [-0.2, 0) is 23.1 Å². The molecule has 1 N–H and O–H groups in total. The first-order valence-corrected chi connectivity index (χ1v) is 7.00. The third-order valence-electron chi connectivity index (χ3n) is 3.42. The molecule has 118 valence electrons. The van der Waals surface area contributed by atoms with Gasteiger partial charge < -0.3 is 14.6 Å². The predicted octanol–water partition coefficient (Wildman–Crippen LogP) is -0.147. The lowest BCUT2D eigenvalue weighted by molar-refractivity contribution is -0.121. The molecule has 22 heavy (non-hydrogen) atoms. The first-order chi connectivity index (χ1) is 10.6. The maximum Gasteiger partial charge on any atom is 0.317 e. The van der Waals surface area contributed by atoms with E-state index in [-0.39, 0.29) is 12.5 Å². The molecule has 0 unspecified atom stereocenters. The molecule has 2 aromatic rings. The number of ether oxygens (including phenoxy) is 1. The number of amides is 1. The minimum absolute atomic E-state index is 0.178. The zero-order chi connectivity index (χ0) is 16.1. The fraction of sp³-hybridized carbons (Fsp3) is 0.400. The fourth-order valence-corrected chi connectivity index (χ4v) is 2.25. The van der Waals surface area contributed by atoms with Crippen LogP contribution in [0.2, 0.25) is 0 Å². The third kappa shape index (κ3) is 3.25. The monoisotopic (exact) mass is 305 g/mol. The van der Waals surface area contributed by atoms with Gasteiger partial charge in [-0.2, -0.15) is 0 Å². The van der Waals surface area contributed by atoms with Crippen molar-refractivity contribution in [2.75, 3.05) is 20.3 Å². The summed E-state index contributed by atoms with van der Waals surface area (Å²) in [6.07, 6.45) is 0.689. The van der Waals surface area contributed by atoms with Crippen LogP contribution in [0.4, 0.5) is 0 Å². The number of aromatic nitrogens is 2. The van der Waals surface area contributed by atoms with E-state index in [0.29, 0.717) is 30.6 Å². The van der Waals surface area contributed by atoms with E-state index in [2.05, 4.69) is 5.32 Å². The van der Waals surface area contributed by atoms with Crippen LogP contribution in [0, 0.1) is 0 Å². The number of hydrogen-bond acceptors (Lipinski definition) is 4. The maximum absolute atomic E-state index is 12.1. The van der Waals surface area contributed by atoms with Crippen LogP contribution in [0.25, 0.3) is 11.0 Å². The quantitative estimate of drug-likeness (QED) is 0.594. The molecule has 0 saturated heterocycles. The Morgan fingerprint density at radius 2 is 1.86 bits per heavy atom. The Kier molecular flexibility index (Phi) is 5.11. The van der Waals surface area contributed by atoms with Gasteiger partial charge in [-0.05, 0) is 18.6 Å². The molecule has 0 spiro atoms. The number of nitrogens with one attached hydrogen (secondary N) is 1. The van der Waals surface area contributed by atoms with E-state index < -0.39 is 11.1 Å². The fourth-order valence-electron chi connectivity index (χ4n) is 2.25. The van der Waals surface area contributed by atoms with E-state index in [9.17, 15) is 14.4 Å². The number of rotatable bonds is 6. The normalized spacial score (nSPS) is 10.8. The summed E-state index contributed by atoms with van der Waals surface area (Å²) >= 11 is 0. The number of hydrogen-bond donors (Lipinski definition) is 1. The van der Waals surface area contributed by atoms with E-state index in [1.54, 1.807) is 38.4 Å². The van der Waals surface area contributed by atoms with Crippen LogP contribution in [0.15, 0.2) is 33.9 Å². The summed E-state index contributed by atoms with van der Waals surface area (Å²) < 4.78 is 7.40. The lowest BCUT2D eigenvalue weighted by Crippen LogP contribution is -2.43. The standard InChI is InChI=1S/C15H19N3O4/c1-17-11-6-3-4-7-12(11)18(15(21)14(17)20)10-13(19)16-8-5-9-22-2/h3-4,6-7H,5,8-10H2,1-2H3,(H,16,19). The highest BCUT2D eigenvalue weighted by Gasteiger charge is 2.13. The van der Waals surface area contributed by atoms with Gasteiger partial charge in [-0.3, -0.25) is 19.0 Å². The van der Waals surface area contributed by atoms with Crippen molar-refractivity contribution in [3.8, 4) is 0 Å². The molecule has 1 heterocycles. The van der Waals surface area contributed by atoms with Crippen molar-refractivity contribution in [1.82, 2.24) is 14.5 Å². The van der Waals surface area contributed by atoms with E-state index in [4.69, 9.17) is 4.74 Å². The SMILES string of the molecule is COCCCNC(=O)Cn1c(=O)c(=O)n(C)c2ccccc21. The number of carbonyl (C=O) groups excluding carboxylic acids is 1. The van der Waals surface area contributed by atoms with Crippen molar-refractivity contribution in [2.24, 2.45) is 7.05 Å². The summed E-state index contributed by atoms with van der Waals surface area (Å²) in [6, 6.07) is 7.00. The number of para-hydroxylation sites is 2. The average molecular weight is 305 g/mol. The number of fused-ring (bicyclic) bond motifs is 1. The summed E-state index contributed by atoms with van der Waals surface area (Å²) in [6.45, 7) is 0.835. The molecule has 0 atom stereocenters. The smallest absolute Gasteiger partial charge is 0.317 e. The molecule has 0 radical (unpaired) electrons. The summed E-state index contributed by atoms with van der Waals surface area (Å²) in [4.78, 5) is 36.1. The van der Waals surface area contributed by atoms with Crippen molar-refractivity contribution >= 4 is 16.9 Å². The molecular formula is C15H19N3O4. The number of methoxy groups -OCH3 is 1. The lowest BCUT2D eigenvalue weighted by Gasteiger charge is -2.12. The summed E-state index contributed by atoms with van der Waals surface area (Å²) in [5, 5.41) is 2.70. The molecule has 2 rings (SSSR count). The first kappa shape index (κ1) is 16.0. The zero-order valence-electron chi connectivity index (χ0n) is 12.7. The van der Waals surface area contributed by atoms with Gasteiger partial charge in [0.1, 0.15) is 6.54 Å². The predicted molar refractivity (Wildman–Crippen MR) is 83.0 cm³/mol. The average Bonchev–Trinajstić information content (AvgIpc) is 2.53. The first-order valence-electron chi connectivity index (χ1n) is 7.00. The van der Waals surface area contributed by atoms with Crippen LogP contribution in [0.3, 0.4) is 0 Å². The van der Waals surface area contributed by atoms with Gasteiger partial charge in [0.25, 0.3) is 0 Å². The van der Waals surface area contributed by atoms with E-state index in [1.807, 2.05) is 0 Å². The number of benzene rings is 1. The molecule has 0 fully saturated rings. The second-order valence-corrected chi connectivity index (χ2v) is 4.94. The van der Waals surface area contributed by atoms with Crippen molar-refractivity contribution < 1.29 is 9.53 Å². The van der Waals surface area contributed by atoms with E-state index in [1.165, 1.54) is 9.13 Å². The van der Waals surface area contributed by atoms with Crippen LogP contribution >= 0.6 is 0 Å². The van der Waals surface area contributed by atoms with Crippen LogP contribution in [0.1, 0.15) is 6.42 Å². The Bertz CT molecular complexity index is 791. The summed E-state index contributed by atoms with van der Waals surface area (Å²) in [7, 11) is 3.13. The van der Waals surface area contributed by atoms with Gasteiger partial charge >= 0.3 is 11.1 Å². The minimum Gasteiger partial charge on any atom is -0.385 e. The highest BCUT2D eigenvalue weighted by atomic mass is 16.5. The second kappa shape index (κ2) is 7.04. The molecule has 7 heteroatoms. The molecule has 0 saturated carbocycles. The molecule has 0 bridgehead atoms. The Morgan fingerprint density at radius 3 is 2.55 bits per heavy atom. The Morgan fingerprint density at radius 1 is 1.18 bits per heavy atom. The topological polar surface area (TPSA) is 82.3 Å². The molecule has 1 amide bonds. The highest BCUT2D eigenvalue weighted by Crippen LogP contribution is 2.08. The van der Waals surface area contributed by atoms with Crippen molar-refractivity contribution in [2.45, 2.75) is 13.0 Å². The maximum atomic E-state index is 12.1. The van der Waals surface area contributed by atoms with Crippen LogP contribution < -0.4 is 16.4 Å². The Balaban J connectivity index is 2.30. The largest absolute Gasteiger partial charge is 0.385 e. The Labute approximate surface area is 127 Å². The summed E-state index contributed by atoms with van der Waals surface area (Å²) in [5.41, 5.74) is -0.181. The molecule has 0 aliphatic carbocycles. The molecule has 1 aromatic heterocycles. The van der Waals surface area contributed by atoms with E-state index in [0.717, 1.165) is 0 Å². The highest BCUT2D eigenvalue weighted by molar-refractivity contribution is 5.80. The van der Waals surface area contributed by atoms with Gasteiger partial charge in [0, 0.05) is 27.3 Å². The minimum atomic E-state index is -0.701. The molecular weight excluding hydrogens is 286 g/mol. The molecule has 0 aliphatic rings. The lowest BCUT2D eigenvalue weighted by atomic mass is 10.3. The van der Waals surface area contributed by atoms with Gasteiger partial charge in [0.05, 0.1) is 11.0 Å². The van der Waals surface area contributed by atoms with E-state index >= 15 is 0 Å².